The van der Waals surface area contributed by atoms with Gasteiger partial charge in [-0.25, -0.2) is 15.0 Å². The number of nitrogen functional groups attached to an aromatic ring is 1. The number of benzene rings is 1. The molecular formula is C19H22N6O6. The SMILES string of the molecule is Nc1ncnc2c1ncn2[C@@H]1O[C@H](CO)[C@](O)(C(=O)[C@@H](N)Cc2ccc(O)cc2)[C@H]1O. The predicted octanol–water partition coefficient (Wildman–Crippen LogP) is -1.77. The number of fused-ring (bicyclic) bond motifs is 1. The number of aromatic nitrogens is 4. The molecule has 12 heteroatoms. The molecule has 8 N–H and O–H groups in total. The smallest absolute Gasteiger partial charge is 0.186 e. The zero-order chi connectivity index (χ0) is 22.3. The molecule has 0 spiro atoms. The quantitative estimate of drug-likeness (QED) is 0.258. The van der Waals surface area contributed by atoms with E-state index in [0.717, 1.165) is 0 Å². The normalized spacial score (nSPS) is 26.9. The van der Waals surface area contributed by atoms with Gasteiger partial charge in [0.25, 0.3) is 0 Å². The van der Waals surface area contributed by atoms with Crippen molar-refractivity contribution >= 4 is 22.8 Å². The maximum absolute atomic E-state index is 13.1. The lowest BCUT2D eigenvalue weighted by Crippen LogP contribution is -2.60. The molecule has 164 valence electrons. The van der Waals surface area contributed by atoms with Crippen LogP contribution in [0.15, 0.2) is 36.9 Å². The van der Waals surface area contributed by atoms with Gasteiger partial charge in [-0.2, -0.15) is 0 Å². The van der Waals surface area contributed by atoms with Gasteiger partial charge in [0.2, 0.25) is 0 Å². The number of ketones is 1. The van der Waals surface area contributed by atoms with E-state index in [4.69, 9.17) is 16.2 Å². The van der Waals surface area contributed by atoms with Crippen molar-refractivity contribution in [2.75, 3.05) is 12.3 Å². The summed E-state index contributed by atoms with van der Waals surface area (Å²) >= 11 is 0. The second-order valence-electron chi connectivity index (χ2n) is 7.39. The van der Waals surface area contributed by atoms with Crippen molar-refractivity contribution in [3.63, 3.8) is 0 Å². The van der Waals surface area contributed by atoms with Crippen LogP contribution in [0.1, 0.15) is 11.8 Å². The van der Waals surface area contributed by atoms with Crippen molar-refractivity contribution in [3.8, 4) is 5.75 Å². The molecule has 5 atom stereocenters. The average Bonchev–Trinajstić information content (AvgIpc) is 3.30. The molecule has 0 saturated carbocycles. The molecule has 1 fully saturated rings. The van der Waals surface area contributed by atoms with Gasteiger partial charge in [-0.1, -0.05) is 12.1 Å². The molecule has 4 rings (SSSR count). The second-order valence-corrected chi connectivity index (χ2v) is 7.39. The van der Waals surface area contributed by atoms with Crippen molar-refractivity contribution in [2.45, 2.75) is 36.5 Å². The number of ether oxygens (including phenoxy) is 1. The molecule has 1 saturated heterocycles. The molecule has 1 aliphatic heterocycles. The van der Waals surface area contributed by atoms with Crippen LogP contribution in [0.25, 0.3) is 11.2 Å². The van der Waals surface area contributed by atoms with Gasteiger partial charge in [0, 0.05) is 0 Å². The number of carbonyl (C=O) groups excluding carboxylic acids is 1. The molecule has 0 unspecified atom stereocenters. The summed E-state index contributed by atoms with van der Waals surface area (Å²) in [6.45, 7) is -0.745. The van der Waals surface area contributed by atoms with Gasteiger partial charge in [0.15, 0.2) is 29.1 Å². The summed E-state index contributed by atoms with van der Waals surface area (Å²) < 4.78 is 6.93. The van der Waals surface area contributed by atoms with Gasteiger partial charge in [-0.3, -0.25) is 9.36 Å². The summed E-state index contributed by atoms with van der Waals surface area (Å²) in [5, 5.41) is 41.2. The Hall–Kier alpha value is -3.16. The van der Waals surface area contributed by atoms with Crippen LogP contribution in [0, 0.1) is 0 Å². The fraction of sp³-hybridized carbons (Fsp3) is 0.368. The number of anilines is 1. The van der Waals surface area contributed by atoms with Gasteiger partial charge >= 0.3 is 0 Å². The predicted molar refractivity (Wildman–Crippen MR) is 106 cm³/mol. The Morgan fingerprint density at radius 3 is 2.65 bits per heavy atom. The van der Waals surface area contributed by atoms with E-state index in [2.05, 4.69) is 15.0 Å². The molecule has 31 heavy (non-hydrogen) atoms. The van der Waals surface area contributed by atoms with Crippen molar-refractivity contribution in [2.24, 2.45) is 5.73 Å². The number of nitrogens with zero attached hydrogens (tertiary/aromatic N) is 4. The van der Waals surface area contributed by atoms with Gasteiger partial charge in [0.05, 0.1) is 19.0 Å². The summed E-state index contributed by atoms with van der Waals surface area (Å²) in [6, 6.07) is 4.85. The highest BCUT2D eigenvalue weighted by atomic mass is 16.6. The molecule has 1 aromatic carbocycles. The zero-order valence-corrected chi connectivity index (χ0v) is 16.2. The molecule has 2 aromatic heterocycles. The van der Waals surface area contributed by atoms with E-state index in [-0.39, 0.29) is 29.2 Å². The number of nitrogens with two attached hydrogens (primary N) is 2. The fourth-order valence-electron chi connectivity index (χ4n) is 3.79. The number of aromatic hydroxyl groups is 1. The van der Waals surface area contributed by atoms with Crippen molar-refractivity contribution in [3.05, 3.63) is 42.5 Å². The Morgan fingerprint density at radius 2 is 1.97 bits per heavy atom. The van der Waals surface area contributed by atoms with Gasteiger partial charge in [-0.15, -0.1) is 0 Å². The van der Waals surface area contributed by atoms with Crippen LogP contribution < -0.4 is 11.5 Å². The van der Waals surface area contributed by atoms with Crippen molar-refractivity contribution < 1.29 is 30.0 Å². The number of phenols is 1. The molecule has 12 nitrogen and oxygen atoms in total. The van der Waals surface area contributed by atoms with Crippen molar-refractivity contribution in [1.29, 1.82) is 0 Å². The Labute approximate surface area is 175 Å². The summed E-state index contributed by atoms with van der Waals surface area (Å²) in [6.07, 6.45) is -1.99. The highest BCUT2D eigenvalue weighted by Gasteiger charge is 2.61. The van der Waals surface area contributed by atoms with Gasteiger partial charge < -0.3 is 36.6 Å². The van der Waals surface area contributed by atoms with Crippen LogP contribution in [0.5, 0.6) is 5.75 Å². The van der Waals surface area contributed by atoms with E-state index in [0.29, 0.717) is 5.56 Å². The molecule has 3 heterocycles. The molecule has 0 amide bonds. The number of hydrogen-bond donors (Lipinski definition) is 6. The minimum atomic E-state index is -2.48. The number of hydrogen-bond acceptors (Lipinski definition) is 11. The maximum Gasteiger partial charge on any atom is 0.186 e. The van der Waals surface area contributed by atoms with Crippen LogP contribution in [-0.2, 0) is 16.0 Å². The molecular weight excluding hydrogens is 408 g/mol. The topological polar surface area (TPSA) is 203 Å². The average molecular weight is 430 g/mol. The third-order valence-corrected chi connectivity index (χ3v) is 5.47. The zero-order valence-electron chi connectivity index (χ0n) is 16.2. The molecule has 0 aliphatic carbocycles. The highest BCUT2D eigenvalue weighted by Crippen LogP contribution is 2.39. The van der Waals surface area contributed by atoms with Crippen LogP contribution >= 0.6 is 0 Å². The first-order chi connectivity index (χ1) is 14.8. The maximum atomic E-state index is 13.1. The first-order valence-corrected chi connectivity index (χ1v) is 9.45. The van der Waals surface area contributed by atoms with E-state index >= 15 is 0 Å². The van der Waals surface area contributed by atoms with Crippen LogP contribution in [-0.4, -0.2) is 76.2 Å². The minimum absolute atomic E-state index is 0.0364. The Kier molecular flexibility index (Phi) is 5.33. The van der Waals surface area contributed by atoms with E-state index < -0.39 is 42.5 Å². The number of Topliss-reactive ketones (excluding diaryl/α,β-unsaturated/α-hetero) is 1. The van der Waals surface area contributed by atoms with Crippen molar-refractivity contribution in [1.82, 2.24) is 19.5 Å². The number of phenolic OH excluding ortho intramolecular Hbond substituents is 1. The number of rotatable bonds is 6. The van der Waals surface area contributed by atoms with Crippen LogP contribution in [0.2, 0.25) is 0 Å². The monoisotopic (exact) mass is 430 g/mol. The lowest BCUT2D eigenvalue weighted by molar-refractivity contribution is -0.155. The van der Waals surface area contributed by atoms with Crippen LogP contribution in [0.4, 0.5) is 5.82 Å². The Bertz CT molecular complexity index is 1100. The van der Waals surface area contributed by atoms with E-state index in [1.165, 1.54) is 29.4 Å². The van der Waals surface area contributed by atoms with E-state index in [1.807, 2.05) is 0 Å². The summed E-state index contributed by atoms with van der Waals surface area (Å²) in [5.74, 6) is -0.729. The number of aliphatic hydroxyl groups is 3. The largest absolute Gasteiger partial charge is 0.508 e. The lowest BCUT2D eigenvalue weighted by Gasteiger charge is -2.31. The lowest BCUT2D eigenvalue weighted by atomic mass is 9.82. The molecule has 0 bridgehead atoms. The first kappa shape index (κ1) is 21.1. The first-order valence-electron chi connectivity index (χ1n) is 9.45. The second kappa shape index (κ2) is 7.83. The Morgan fingerprint density at radius 1 is 1.26 bits per heavy atom. The van der Waals surface area contributed by atoms with E-state index in [1.54, 1.807) is 12.1 Å². The fourth-order valence-corrected chi connectivity index (χ4v) is 3.79. The minimum Gasteiger partial charge on any atom is -0.508 e. The summed E-state index contributed by atoms with van der Waals surface area (Å²) in [5.41, 5.74) is 10.4. The summed E-state index contributed by atoms with van der Waals surface area (Å²) in [4.78, 5) is 25.1. The third-order valence-electron chi connectivity index (χ3n) is 5.47. The van der Waals surface area contributed by atoms with Crippen LogP contribution in [0.3, 0.4) is 0 Å². The Balaban J connectivity index is 1.63. The standard InChI is InChI=1S/C19H22N6O6/c20-11(5-9-1-3-10(27)4-2-9)14(28)19(30)12(6-26)31-18(15(19)29)25-8-24-13-16(21)22-7-23-17(13)25/h1-4,7-8,11-12,15,18,26-27,29-30H,5-6,20H2,(H2,21,22,23)/t11-,12+,15-,18+,19-/m0/s1. The van der Waals surface area contributed by atoms with E-state index in [9.17, 15) is 25.2 Å². The van der Waals surface area contributed by atoms with Gasteiger partial charge in [0.1, 0.15) is 29.8 Å². The summed E-state index contributed by atoms with van der Waals surface area (Å²) in [7, 11) is 0. The third kappa shape index (κ3) is 3.40. The molecule has 3 aromatic rings. The van der Waals surface area contributed by atoms with Gasteiger partial charge in [-0.05, 0) is 24.1 Å². The number of aliphatic hydroxyl groups excluding tert-OH is 2. The number of imidazole rings is 1. The molecule has 1 aliphatic rings. The molecule has 0 radical (unpaired) electrons. The highest BCUT2D eigenvalue weighted by molar-refractivity contribution is 5.93. The number of carbonyl (C=O) groups is 1.